The number of carbonyl (C=O) groups excluding carboxylic acids is 1. The van der Waals surface area contributed by atoms with Gasteiger partial charge in [0.15, 0.2) is 6.10 Å². The van der Waals surface area contributed by atoms with Gasteiger partial charge in [-0.25, -0.2) is 0 Å². The summed E-state index contributed by atoms with van der Waals surface area (Å²) in [7, 11) is 0. The topological polar surface area (TPSA) is 103 Å². The van der Waals surface area contributed by atoms with Crippen LogP contribution >= 0.6 is 11.3 Å². The molecule has 24 heavy (non-hydrogen) atoms. The highest BCUT2D eigenvalue weighted by molar-refractivity contribution is 7.10. The molecule has 1 amide bonds. The van der Waals surface area contributed by atoms with E-state index < -0.39 is 5.91 Å². The number of hydrogen-bond donors (Lipinski definition) is 2. The van der Waals surface area contributed by atoms with E-state index in [1.54, 1.807) is 11.4 Å². The summed E-state index contributed by atoms with van der Waals surface area (Å²) in [5.41, 5.74) is 6.87. The summed E-state index contributed by atoms with van der Waals surface area (Å²) in [5.74, 6) is 0.862. The Hall–Kier alpha value is -2.87. The summed E-state index contributed by atoms with van der Waals surface area (Å²) in [6.45, 7) is 0.478. The zero-order valence-corrected chi connectivity index (χ0v) is 13.4. The average Bonchev–Trinajstić information content (AvgIpc) is 3.30. The van der Waals surface area contributed by atoms with Crippen LogP contribution in [-0.4, -0.2) is 16.1 Å². The monoisotopic (exact) mass is 342 g/mol. The largest absolute Gasteiger partial charge is 0.480 e. The van der Waals surface area contributed by atoms with Crippen LogP contribution in [0.1, 0.15) is 32.8 Å². The van der Waals surface area contributed by atoms with Gasteiger partial charge in [-0.05, 0) is 17.7 Å². The zero-order valence-electron chi connectivity index (χ0n) is 12.6. The molecular formula is C16H14N4O3S. The molecule has 2 aromatic heterocycles. The van der Waals surface area contributed by atoms with Crippen molar-refractivity contribution in [2.45, 2.75) is 19.1 Å². The molecule has 3 N–H and O–H groups in total. The van der Waals surface area contributed by atoms with E-state index in [4.69, 9.17) is 14.9 Å². The fourth-order valence-corrected chi connectivity index (χ4v) is 3.33. The molecule has 7 nitrogen and oxygen atoms in total. The molecule has 1 aliphatic heterocycles. The molecule has 0 spiro atoms. The Labute approximate surface area is 141 Å². The Balaban J connectivity index is 1.39. The summed E-state index contributed by atoms with van der Waals surface area (Å²) < 4.78 is 11.5. The van der Waals surface area contributed by atoms with Crippen molar-refractivity contribution in [2.75, 3.05) is 5.32 Å². The van der Waals surface area contributed by atoms with E-state index >= 15 is 0 Å². The molecule has 0 aliphatic carbocycles. The number of ether oxygens (including phenoxy) is 1. The quantitative estimate of drug-likeness (QED) is 0.738. The molecule has 0 unspecified atom stereocenters. The molecule has 0 radical (unpaired) electrons. The number of fused-ring (bicyclic) bond motifs is 1. The van der Waals surface area contributed by atoms with Crippen LogP contribution in [0.25, 0.3) is 0 Å². The van der Waals surface area contributed by atoms with Gasteiger partial charge in [0.05, 0.1) is 12.1 Å². The first kappa shape index (κ1) is 14.7. The molecular weight excluding hydrogens is 328 g/mol. The molecule has 1 aliphatic rings. The Morgan fingerprint density at radius 1 is 1.38 bits per heavy atom. The van der Waals surface area contributed by atoms with Gasteiger partial charge in [0.2, 0.25) is 5.91 Å². The van der Waals surface area contributed by atoms with Crippen LogP contribution < -0.4 is 15.8 Å². The number of anilines is 1. The molecule has 4 rings (SSSR count). The van der Waals surface area contributed by atoms with E-state index in [1.807, 2.05) is 24.3 Å². The first-order valence-electron chi connectivity index (χ1n) is 7.38. The number of para-hydroxylation sites is 1. The van der Waals surface area contributed by atoms with E-state index in [9.17, 15) is 4.79 Å². The van der Waals surface area contributed by atoms with Crippen molar-refractivity contribution in [1.29, 1.82) is 0 Å². The van der Waals surface area contributed by atoms with E-state index in [1.165, 1.54) is 11.3 Å². The third kappa shape index (κ3) is 2.83. The molecule has 8 heteroatoms. The number of hydrogen-bond acceptors (Lipinski definition) is 7. The highest BCUT2D eigenvalue weighted by atomic mass is 32.1. The second-order valence-electron chi connectivity index (χ2n) is 5.38. The minimum atomic E-state index is -0.435. The van der Waals surface area contributed by atoms with E-state index in [2.05, 4.69) is 15.5 Å². The number of carbonyl (C=O) groups is 1. The number of nitrogens with zero attached hydrogens (tertiary/aromatic N) is 2. The summed E-state index contributed by atoms with van der Waals surface area (Å²) in [6, 6.07) is 9.93. The van der Waals surface area contributed by atoms with Crippen molar-refractivity contribution in [3.8, 4) is 5.75 Å². The molecule has 0 saturated heterocycles. The predicted molar refractivity (Wildman–Crippen MR) is 88.0 cm³/mol. The van der Waals surface area contributed by atoms with Gasteiger partial charge in [-0.3, -0.25) is 4.79 Å². The zero-order chi connectivity index (χ0) is 16.5. The predicted octanol–water partition coefficient (Wildman–Crippen LogP) is 2.52. The van der Waals surface area contributed by atoms with Gasteiger partial charge in [0.25, 0.3) is 5.89 Å². The average molecular weight is 342 g/mol. The Kier molecular flexibility index (Phi) is 3.66. The van der Waals surface area contributed by atoms with Gasteiger partial charge >= 0.3 is 6.01 Å². The van der Waals surface area contributed by atoms with E-state index in [0.29, 0.717) is 30.4 Å². The van der Waals surface area contributed by atoms with Gasteiger partial charge in [0, 0.05) is 16.7 Å². The van der Waals surface area contributed by atoms with Crippen molar-refractivity contribution in [3.05, 3.63) is 57.6 Å². The Morgan fingerprint density at radius 2 is 2.25 bits per heavy atom. The summed E-state index contributed by atoms with van der Waals surface area (Å²) >= 11 is 1.44. The molecule has 0 fully saturated rings. The molecule has 1 aromatic carbocycles. The van der Waals surface area contributed by atoms with Gasteiger partial charge in [-0.2, -0.15) is 0 Å². The first-order valence-corrected chi connectivity index (χ1v) is 8.26. The van der Waals surface area contributed by atoms with Crippen LogP contribution in [0, 0.1) is 0 Å². The van der Waals surface area contributed by atoms with Gasteiger partial charge in [-0.15, -0.1) is 16.4 Å². The molecule has 0 bridgehead atoms. The maximum atomic E-state index is 11.1. The smallest absolute Gasteiger partial charge is 0.315 e. The van der Waals surface area contributed by atoms with E-state index in [-0.39, 0.29) is 6.10 Å². The number of primary amides is 1. The van der Waals surface area contributed by atoms with Gasteiger partial charge in [-0.1, -0.05) is 23.3 Å². The normalized spacial score (nSPS) is 15.8. The lowest BCUT2D eigenvalue weighted by Gasteiger charge is -2.04. The van der Waals surface area contributed by atoms with Gasteiger partial charge in [0.1, 0.15) is 5.75 Å². The molecule has 122 valence electrons. The van der Waals surface area contributed by atoms with Crippen molar-refractivity contribution in [2.24, 2.45) is 5.73 Å². The highest BCUT2D eigenvalue weighted by Gasteiger charge is 2.28. The lowest BCUT2D eigenvalue weighted by molar-refractivity contribution is 0.100. The van der Waals surface area contributed by atoms with Crippen molar-refractivity contribution in [3.63, 3.8) is 0 Å². The Morgan fingerprint density at radius 3 is 3.04 bits per heavy atom. The van der Waals surface area contributed by atoms with Gasteiger partial charge < -0.3 is 20.2 Å². The number of thiophene rings is 1. The molecule has 3 heterocycles. The standard InChI is InChI=1S/C16H14N4O3S/c17-14(21)10-5-11(24-8-10)7-18-16-20-19-15(23-16)13-6-9-3-1-2-4-12(9)22-13/h1-5,8,13H,6-7H2,(H2,17,21)(H,18,20)/t13-/m1/s1. The number of nitrogens with two attached hydrogens (primary N) is 1. The summed E-state index contributed by atoms with van der Waals surface area (Å²) in [5, 5.41) is 12.8. The number of benzene rings is 1. The Bertz CT molecular complexity index is 864. The van der Waals surface area contributed by atoms with Crippen LogP contribution in [-0.2, 0) is 13.0 Å². The second-order valence-corrected chi connectivity index (χ2v) is 6.38. The van der Waals surface area contributed by atoms with Crippen LogP contribution in [0.15, 0.2) is 40.1 Å². The molecule has 0 saturated carbocycles. The molecule has 1 atom stereocenters. The first-order chi connectivity index (χ1) is 11.7. The fourth-order valence-electron chi connectivity index (χ4n) is 2.52. The number of rotatable bonds is 5. The van der Waals surface area contributed by atoms with Crippen molar-refractivity contribution < 1.29 is 13.9 Å². The fraction of sp³-hybridized carbons (Fsp3) is 0.188. The van der Waals surface area contributed by atoms with Crippen molar-refractivity contribution >= 4 is 23.3 Å². The lowest BCUT2D eigenvalue weighted by atomic mass is 10.1. The summed E-state index contributed by atoms with van der Waals surface area (Å²) in [6.07, 6.45) is 0.457. The number of nitrogens with one attached hydrogen (secondary N) is 1. The maximum absolute atomic E-state index is 11.1. The second kappa shape index (κ2) is 5.97. The van der Waals surface area contributed by atoms with Crippen LogP contribution in [0.2, 0.25) is 0 Å². The van der Waals surface area contributed by atoms with Crippen LogP contribution in [0.3, 0.4) is 0 Å². The molecule has 3 aromatic rings. The lowest BCUT2D eigenvalue weighted by Crippen LogP contribution is -2.09. The number of aromatic nitrogens is 2. The van der Waals surface area contributed by atoms with E-state index in [0.717, 1.165) is 16.2 Å². The third-order valence-corrected chi connectivity index (χ3v) is 4.65. The third-order valence-electron chi connectivity index (χ3n) is 3.72. The highest BCUT2D eigenvalue weighted by Crippen LogP contribution is 2.36. The summed E-state index contributed by atoms with van der Waals surface area (Å²) in [4.78, 5) is 12.0. The maximum Gasteiger partial charge on any atom is 0.315 e. The van der Waals surface area contributed by atoms with Crippen LogP contribution in [0.5, 0.6) is 5.75 Å². The number of amides is 1. The SMILES string of the molecule is NC(=O)c1csc(CNc2nnc([C@H]3Cc4ccccc4O3)o2)c1. The minimum absolute atomic E-state index is 0.256. The minimum Gasteiger partial charge on any atom is -0.480 e. The van der Waals surface area contributed by atoms with Crippen molar-refractivity contribution in [1.82, 2.24) is 10.2 Å². The van der Waals surface area contributed by atoms with Crippen LogP contribution in [0.4, 0.5) is 6.01 Å².